The standard InChI is InChI=1S/C11H17N3/c1-7-12-5-11(14-7)6-13-10-3-8-2-9(8)4-10/h5,8-10,13H,2-4,6H2,1H3,(H,12,14). The number of imidazole rings is 1. The normalized spacial score (nSPS) is 34.5. The molecule has 2 unspecified atom stereocenters. The number of nitrogens with one attached hydrogen (secondary N) is 2. The van der Waals surface area contributed by atoms with E-state index in [4.69, 9.17) is 0 Å². The molecule has 14 heavy (non-hydrogen) atoms. The lowest BCUT2D eigenvalue weighted by Gasteiger charge is -2.12. The van der Waals surface area contributed by atoms with Crippen LogP contribution < -0.4 is 5.32 Å². The van der Waals surface area contributed by atoms with Gasteiger partial charge in [0.25, 0.3) is 0 Å². The van der Waals surface area contributed by atoms with Crippen LogP contribution in [0.2, 0.25) is 0 Å². The predicted octanol–water partition coefficient (Wildman–Crippen LogP) is 1.61. The number of H-pyrrole nitrogens is 1. The van der Waals surface area contributed by atoms with Gasteiger partial charge in [-0.15, -0.1) is 0 Å². The fraction of sp³-hybridized carbons (Fsp3) is 0.727. The van der Waals surface area contributed by atoms with Gasteiger partial charge in [-0.2, -0.15) is 0 Å². The molecule has 0 radical (unpaired) electrons. The van der Waals surface area contributed by atoms with Gasteiger partial charge in [0, 0.05) is 24.5 Å². The molecule has 0 amide bonds. The highest BCUT2D eigenvalue weighted by Gasteiger charge is 2.45. The Balaban J connectivity index is 1.50. The molecule has 0 bridgehead atoms. The summed E-state index contributed by atoms with van der Waals surface area (Å²) in [6.07, 6.45) is 6.23. The second kappa shape index (κ2) is 3.09. The van der Waals surface area contributed by atoms with Crippen LogP contribution in [0.5, 0.6) is 0 Å². The first-order valence-electron chi connectivity index (χ1n) is 5.55. The van der Waals surface area contributed by atoms with Crippen molar-refractivity contribution in [1.82, 2.24) is 15.3 Å². The Labute approximate surface area is 84.3 Å². The lowest BCUT2D eigenvalue weighted by atomic mass is 10.1. The molecule has 2 saturated carbocycles. The monoisotopic (exact) mass is 191 g/mol. The van der Waals surface area contributed by atoms with E-state index in [1.807, 2.05) is 13.1 Å². The van der Waals surface area contributed by atoms with Gasteiger partial charge in [0.1, 0.15) is 5.82 Å². The van der Waals surface area contributed by atoms with Crippen LogP contribution in [0.1, 0.15) is 30.8 Å². The van der Waals surface area contributed by atoms with Crippen LogP contribution in [0.3, 0.4) is 0 Å². The number of fused-ring (bicyclic) bond motifs is 1. The minimum Gasteiger partial charge on any atom is -0.345 e. The quantitative estimate of drug-likeness (QED) is 0.762. The largest absolute Gasteiger partial charge is 0.345 e. The number of aryl methyl sites for hydroxylation is 1. The van der Waals surface area contributed by atoms with E-state index in [1.54, 1.807) is 0 Å². The number of nitrogens with zero attached hydrogens (tertiary/aromatic N) is 1. The van der Waals surface area contributed by atoms with Crippen molar-refractivity contribution >= 4 is 0 Å². The summed E-state index contributed by atoms with van der Waals surface area (Å²) in [6.45, 7) is 2.94. The van der Waals surface area contributed by atoms with E-state index in [2.05, 4.69) is 15.3 Å². The third-order valence-electron chi connectivity index (χ3n) is 3.58. The molecule has 0 aliphatic heterocycles. The summed E-state index contributed by atoms with van der Waals surface area (Å²) in [4.78, 5) is 7.44. The first kappa shape index (κ1) is 8.48. The van der Waals surface area contributed by atoms with Crippen LogP contribution >= 0.6 is 0 Å². The Morgan fingerprint density at radius 3 is 2.86 bits per heavy atom. The fourth-order valence-electron chi connectivity index (χ4n) is 2.70. The van der Waals surface area contributed by atoms with Crippen molar-refractivity contribution in [3.8, 4) is 0 Å². The molecule has 2 aliphatic rings. The Hall–Kier alpha value is -0.830. The van der Waals surface area contributed by atoms with Gasteiger partial charge >= 0.3 is 0 Å². The molecule has 3 nitrogen and oxygen atoms in total. The molecule has 3 heteroatoms. The second-order valence-corrected chi connectivity index (χ2v) is 4.80. The number of rotatable bonds is 3. The smallest absolute Gasteiger partial charge is 0.103 e. The van der Waals surface area contributed by atoms with E-state index in [0.717, 1.165) is 30.2 Å². The molecule has 2 N–H and O–H groups in total. The molecule has 76 valence electrons. The van der Waals surface area contributed by atoms with Gasteiger partial charge < -0.3 is 10.3 Å². The first-order valence-corrected chi connectivity index (χ1v) is 5.55. The summed E-state index contributed by atoms with van der Waals surface area (Å²) in [7, 11) is 0. The Kier molecular flexibility index (Phi) is 1.87. The Bertz CT molecular complexity index is 321. The van der Waals surface area contributed by atoms with Crippen LogP contribution in [0.15, 0.2) is 6.20 Å². The molecule has 2 atom stereocenters. The second-order valence-electron chi connectivity index (χ2n) is 4.80. The highest BCUT2D eigenvalue weighted by molar-refractivity contribution is 5.02. The molecule has 0 aromatic carbocycles. The summed E-state index contributed by atoms with van der Waals surface area (Å²) < 4.78 is 0. The van der Waals surface area contributed by atoms with Crippen molar-refractivity contribution in [2.75, 3.05) is 0 Å². The van der Waals surface area contributed by atoms with Gasteiger partial charge in [0.2, 0.25) is 0 Å². The number of aromatic amines is 1. The van der Waals surface area contributed by atoms with Gasteiger partial charge in [0.15, 0.2) is 0 Å². The Morgan fingerprint density at radius 1 is 1.43 bits per heavy atom. The average Bonchev–Trinajstić information content (AvgIpc) is 2.63. The van der Waals surface area contributed by atoms with Gasteiger partial charge in [-0.05, 0) is 38.0 Å². The van der Waals surface area contributed by atoms with Gasteiger partial charge in [0.05, 0.1) is 0 Å². The van der Waals surface area contributed by atoms with Crippen molar-refractivity contribution in [2.45, 2.75) is 38.8 Å². The van der Waals surface area contributed by atoms with Gasteiger partial charge in [-0.25, -0.2) is 4.98 Å². The molecular formula is C11H17N3. The third kappa shape index (κ3) is 1.57. The van der Waals surface area contributed by atoms with Gasteiger partial charge in [-0.1, -0.05) is 0 Å². The van der Waals surface area contributed by atoms with E-state index in [9.17, 15) is 0 Å². The number of hydrogen-bond acceptors (Lipinski definition) is 2. The van der Waals surface area contributed by atoms with E-state index < -0.39 is 0 Å². The molecule has 3 rings (SSSR count). The van der Waals surface area contributed by atoms with Crippen molar-refractivity contribution in [3.63, 3.8) is 0 Å². The molecule has 2 fully saturated rings. The summed E-state index contributed by atoms with van der Waals surface area (Å²) >= 11 is 0. The van der Waals surface area contributed by atoms with E-state index in [0.29, 0.717) is 0 Å². The molecule has 1 aromatic rings. The highest BCUT2D eigenvalue weighted by atomic mass is 15.0. The van der Waals surface area contributed by atoms with Crippen LogP contribution in [-0.4, -0.2) is 16.0 Å². The molecular weight excluding hydrogens is 174 g/mol. The predicted molar refractivity (Wildman–Crippen MR) is 54.8 cm³/mol. The van der Waals surface area contributed by atoms with Crippen LogP contribution in [0.4, 0.5) is 0 Å². The third-order valence-corrected chi connectivity index (χ3v) is 3.58. The Morgan fingerprint density at radius 2 is 2.21 bits per heavy atom. The zero-order valence-electron chi connectivity index (χ0n) is 8.59. The number of hydrogen-bond donors (Lipinski definition) is 2. The maximum Gasteiger partial charge on any atom is 0.103 e. The topological polar surface area (TPSA) is 40.7 Å². The molecule has 1 heterocycles. The van der Waals surface area contributed by atoms with E-state index >= 15 is 0 Å². The maximum absolute atomic E-state index is 4.19. The van der Waals surface area contributed by atoms with Crippen molar-refractivity contribution < 1.29 is 0 Å². The maximum atomic E-state index is 4.19. The zero-order valence-corrected chi connectivity index (χ0v) is 8.59. The molecule has 1 aromatic heterocycles. The minimum absolute atomic E-state index is 0.766. The summed E-state index contributed by atoms with van der Waals surface area (Å²) in [5, 5.41) is 3.60. The van der Waals surface area contributed by atoms with Crippen molar-refractivity contribution in [1.29, 1.82) is 0 Å². The summed E-state index contributed by atoms with van der Waals surface area (Å²) in [5.74, 6) is 3.14. The highest BCUT2D eigenvalue weighted by Crippen LogP contribution is 2.51. The van der Waals surface area contributed by atoms with Crippen LogP contribution in [0.25, 0.3) is 0 Å². The molecule has 0 spiro atoms. The van der Waals surface area contributed by atoms with Gasteiger partial charge in [-0.3, -0.25) is 0 Å². The molecule has 0 saturated heterocycles. The van der Waals surface area contributed by atoms with E-state index in [1.165, 1.54) is 25.0 Å². The lowest BCUT2D eigenvalue weighted by molar-refractivity contribution is 0.477. The molecule has 2 aliphatic carbocycles. The lowest BCUT2D eigenvalue weighted by Crippen LogP contribution is -2.27. The minimum atomic E-state index is 0.766. The van der Waals surface area contributed by atoms with Crippen molar-refractivity contribution in [3.05, 3.63) is 17.7 Å². The SMILES string of the molecule is Cc1ncc(CNC2CC3CC3C2)[nH]1. The summed E-state index contributed by atoms with van der Waals surface area (Å²) in [5.41, 5.74) is 1.21. The van der Waals surface area contributed by atoms with Crippen LogP contribution in [0, 0.1) is 18.8 Å². The van der Waals surface area contributed by atoms with E-state index in [-0.39, 0.29) is 0 Å². The fourth-order valence-corrected chi connectivity index (χ4v) is 2.70. The number of aromatic nitrogens is 2. The first-order chi connectivity index (χ1) is 6.81. The average molecular weight is 191 g/mol. The van der Waals surface area contributed by atoms with Crippen LogP contribution in [-0.2, 0) is 6.54 Å². The summed E-state index contributed by atoms with van der Waals surface area (Å²) in [6, 6.07) is 0.766. The van der Waals surface area contributed by atoms with Crippen molar-refractivity contribution in [2.24, 2.45) is 11.8 Å². The zero-order chi connectivity index (χ0) is 9.54.